The number of aromatic carboxylic acids is 1. The summed E-state index contributed by atoms with van der Waals surface area (Å²) in [6, 6.07) is 12.2. The monoisotopic (exact) mass is 618 g/mol. The number of rotatable bonds is 9. The third-order valence-electron chi connectivity index (χ3n) is 7.80. The number of anilines is 1. The number of nitrogens with zero attached hydrogens (tertiary/aromatic N) is 3. The number of hydrogen-bond donors (Lipinski definition) is 2. The standard InChI is InChI=1S/C33H32Cl2N4O4/c1-17-14-21(15-18(2)31(17)35)43-13-7-8-22-23-11-12-26(34)30(29-19(3)38-39(5)20(29)4)24(23)16-25(22)32(40)37-28-10-6-9-27(36-28)33(41)42/h6,9-12,14-15H,7-8,13,16H2,1-5H3,(H,41,42)(H,36,37,40). The summed E-state index contributed by atoms with van der Waals surface area (Å²) < 4.78 is 7.89. The van der Waals surface area contributed by atoms with E-state index < -0.39 is 5.97 Å². The van der Waals surface area contributed by atoms with Gasteiger partial charge in [-0.05, 0) is 98.7 Å². The van der Waals surface area contributed by atoms with Gasteiger partial charge in [0.1, 0.15) is 11.6 Å². The normalized spacial score (nSPS) is 12.4. The predicted molar refractivity (Wildman–Crippen MR) is 169 cm³/mol. The van der Waals surface area contributed by atoms with Crippen LogP contribution in [0, 0.1) is 27.7 Å². The minimum absolute atomic E-state index is 0.150. The van der Waals surface area contributed by atoms with E-state index in [1.54, 1.807) is 12.1 Å². The first-order valence-corrected chi connectivity index (χ1v) is 14.7. The third kappa shape index (κ3) is 6.03. The maximum atomic E-state index is 13.8. The highest BCUT2D eigenvalue weighted by molar-refractivity contribution is 6.34. The van der Waals surface area contributed by atoms with Crippen molar-refractivity contribution in [3.63, 3.8) is 0 Å². The molecule has 0 saturated heterocycles. The van der Waals surface area contributed by atoms with Crippen LogP contribution < -0.4 is 10.1 Å². The Morgan fingerprint density at radius 3 is 2.42 bits per heavy atom. The van der Waals surface area contributed by atoms with Crippen LogP contribution in [0.4, 0.5) is 5.82 Å². The van der Waals surface area contributed by atoms with E-state index >= 15 is 0 Å². The van der Waals surface area contributed by atoms with Crippen molar-refractivity contribution in [2.45, 2.75) is 47.0 Å². The number of fused-ring (bicyclic) bond motifs is 1. The fraction of sp³-hybridized carbons (Fsp3) is 0.273. The van der Waals surface area contributed by atoms with Crippen LogP contribution in [0.3, 0.4) is 0 Å². The van der Waals surface area contributed by atoms with E-state index in [9.17, 15) is 14.7 Å². The minimum Gasteiger partial charge on any atom is -0.494 e. The van der Waals surface area contributed by atoms with Crippen LogP contribution in [0.1, 0.15) is 57.0 Å². The van der Waals surface area contributed by atoms with Crippen molar-refractivity contribution in [1.82, 2.24) is 14.8 Å². The molecule has 222 valence electrons. The zero-order chi connectivity index (χ0) is 31.0. The maximum absolute atomic E-state index is 13.8. The molecule has 43 heavy (non-hydrogen) atoms. The van der Waals surface area contributed by atoms with Gasteiger partial charge in [0.05, 0.1) is 12.3 Å². The summed E-state index contributed by atoms with van der Waals surface area (Å²) in [4.78, 5) is 29.3. The molecule has 2 heterocycles. The SMILES string of the molecule is Cc1cc(OCCCC2=C(C(=O)Nc3cccc(C(=O)O)n3)Cc3c2ccc(Cl)c3-c2c(C)nn(C)c2C)cc(C)c1Cl. The van der Waals surface area contributed by atoms with Gasteiger partial charge in [-0.3, -0.25) is 9.48 Å². The molecule has 8 nitrogen and oxygen atoms in total. The molecule has 0 spiro atoms. The largest absolute Gasteiger partial charge is 0.494 e. The smallest absolute Gasteiger partial charge is 0.354 e. The lowest BCUT2D eigenvalue weighted by atomic mass is 9.93. The highest BCUT2D eigenvalue weighted by Gasteiger charge is 2.31. The molecule has 2 aromatic heterocycles. The average Bonchev–Trinajstić information content (AvgIpc) is 3.45. The molecule has 1 amide bonds. The van der Waals surface area contributed by atoms with Crippen LogP contribution in [-0.2, 0) is 18.3 Å². The van der Waals surface area contributed by atoms with Crippen LogP contribution in [0.5, 0.6) is 5.75 Å². The number of carboxylic acid groups (broad SMARTS) is 1. The number of amides is 1. The quantitative estimate of drug-likeness (QED) is 0.188. The Balaban J connectivity index is 1.48. The van der Waals surface area contributed by atoms with Crippen molar-refractivity contribution in [3.05, 3.63) is 97.4 Å². The van der Waals surface area contributed by atoms with Gasteiger partial charge in [-0.15, -0.1) is 0 Å². The third-order valence-corrected chi connectivity index (χ3v) is 8.71. The summed E-state index contributed by atoms with van der Waals surface area (Å²) in [5, 5.41) is 18.1. The van der Waals surface area contributed by atoms with Crippen molar-refractivity contribution in [1.29, 1.82) is 0 Å². The van der Waals surface area contributed by atoms with Gasteiger partial charge in [0.25, 0.3) is 5.91 Å². The van der Waals surface area contributed by atoms with Gasteiger partial charge in [0.15, 0.2) is 5.69 Å². The van der Waals surface area contributed by atoms with Gasteiger partial charge >= 0.3 is 5.97 Å². The van der Waals surface area contributed by atoms with Crippen molar-refractivity contribution >= 4 is 46.5 Å². The van der Waals surface area contributed by atoms with Crippen LogP contribution in [0.25, 0.3) is 16.7 Å². The zero-order valence-corrected chi connectivity index (χ0v) is 26.2. The molecule has 0 saturated carbocycles. The lowest BCUT2D eigenvalue weighted by Crippen LogP contribution is -2.17. The highest BCUT2D eigenvalue weighted by atomic mass is 35.5. The number of ether oxygens (including phenoxy) is 1. The molecule has 2 aromatic carbocycles. The molecule has 1 aliphatic rings. The number of carboxylic acids is 1. The lowest BCUT2D eigenvalue weighted by Gasteiger charge is -2.14. The molecule has 0 unspecified atom stereocenters. The van der Waals surface area contributed by atoms with Crippen molar-refractivity contribution in [3.8, 4) is 16.9 Å². The van der Waals surface area contributed by atoms with E-state index in [0.29, 0.717) is 36.5 Å². The molecule has 0 bridgehead atoms. The summed E-state index contributed by atoms with van der Waals surface area (Å²) in [5.41, 5.74) is 8.81. The number of nitrogens with one attached hydrogen (secondary N) is 1. The Morgan fingerprint density at radius 2 is 1.77 bits per heavy atom. The minimum atomic E-state index is -1.17. The van der Waals surface area contributed by atoms with E-state index in [0.717, 1.165) is 61.1 Å². The molecule has 10 heteroatoms. The number of allylic oxidation sites excluding steroid dienone is 1. The second kappa shape index (κ2) is 12.2. The molecule has 2 N–H and O–H groups in total. The molecular weight excluding hydrogens is 587 g/mol. The number of aryl methyl sites for hydroxylation is 4. The molecule has 5 rings (SSSR count). The fourth-order valence-corrected chi connectivity index (χ4v) is 6.06. The van der Waals surface area contributed by atoms with E-state index in [1.807, 2.05) is 63.7 Å². The summed E-state index contributed by atoms with van der Waals surface area (Å²) in [6.07, 6.45) is 1.59. The van der Waals surface area contributed by atoms with E-state index in [-0.39, 0.29) is 17.4 Å². The number of carbonyl (C=O) groups is 2. The molecule has 0 atom stereocenters. The molecule has 4 aromatic rings. The van der Waals surface area contributed by atoms with Gasteiger partial charge in [-0.25, -0.2) is 9.78 Å². The summed E-state index contributed by atoms with van der Waals surface area (Å²) in [6.45, 7) is 8.29. The maximum Gasteiger partial charge on any atom is 0.354 e. The Hall–Kier alpha value is -4.14. The average molecular weight is 620 g/mol. The Morgan fingerprint density at radius 1 is 1.05 bits per heavy atom. The van der Waals surface area contributed by atoms with Crippen LogP contribution in [-0.4, -0.2) is 38.4 Å². The van der Waals surface area contributed by atoms with Gasteiger partial charge < -0.3 is 15.2 Å². The number of pyridine rings is 1. The van der Waals surface area contributed by atoms with Gasteiger partial charge in [0.2, 0.25) is 0 Å². The number of aromatic nitrogens is 3. The van der Waals surface area contributed by atoms with Gasteiger partial charge in [-0.1, -0.05) is 35.3 Å². The first-order valence-electron chi connectivity index (χ1n) is 13.9. The van der Waals surface area contributed by atoms with Gasteiger partial charge in [0, 0.05) is 45.9 Å². The first kappa shape index (κ1) is 30.3. The second-order valence-corrected chi connectivity index (χ2v) is 11.5. The van der Waals surface area contributed by atoms with Crippen molar-refractivity contribution in [2.24, 2.45) is 7.05 Å². The van der Waals surface area contributed by atoms with Crippen LogP contribution in [0.2, 0.25) is 10.0 Å². The van der Waals surface area contributed by atoms with Crippen molar-refractivity contribution in [2.75, 3.05) is 11.9 Å². The molecule has 1 aliphatic carbocycles. The topological polar surface area (TPSA) is 106 Å². The van der Waals surface area contributed by atoms with E-state index in [1.165, 1.54) is 6.07 Å². The molecular formula is C33H32Cl2N4O4. The Labute approximate surface area is 260 Å². The van der Waals surface area contributed by atoms with E-state index in [4.69, 9.17) is 27.9 Å². The summed E-state index contributed by atoms with van der Waals surface area (Å²) >= 11 is 13.1. The molecule has 0 fully saturated rings. The predicted octanol–water partition coefficient (Wildman–Crippen LogP) is 7.53. The number of hydrogen-bond acceptors (Lipinski definition) is 5. The zero-order valence-electron chi connectivity index (χ0n) is 24.6. The lowest BCUT2D eigenvalue weighted by molar-refractivity contribution is -0.112. The van der Waals surface area contributed by atoms with Gasteiger partial charge in [-0.2, -0.15) is 5.10 Å². The second-order valence-electron chi connectivity index (χ2n) is 10.7. The van der Waals surface area contributed by atoms with Crippen LogP contribution >= 0.6 is 23.2 Å². The highest BCUT2D eigenvalue weighted by Crippen LogP contribution is 2.45. The summed E-state index contributed by atoms with van der Waals surface area (Å²) in [7, 11) is 1.90. The summed E-state index contributed by atoms with van der Waals surface area (Å²) in [5.74, 6) is -0.592. The Bertz CT molecular complexity index is 1790. The fourth-order valence-electron chi connectivity index (χ4n) is 5.68. The molecule has 0 radical (unpaired) electrons. The molecule has 0 aliphatic heterocycles. The first-order chi connectivity index (χ1) is 20.5. The number of carbonyl (C=O) groups excluding carboxylic acids is 1. The Kier molecular flexibility index (Phi) is 8.62. The van der Waals surface area contributed by atoms with E-state index in [2.05, 4.69) is 15.4 Å². The number of halogens is 2. The van der Waals surface area contributed by atoms with Crippen LogP contribution in [0.15, 0.2) is 48.0 Å². The van der Waals surface area contributed by atoms with Crippen molar-refractivity contribution < 1.29 is 19.4 Å². The number of benzene rings is 2.